The Bertz CT molecular complexity index is 960. The van der Waals surface area contributed by atoms with Gasteiger partial charge < -0.3 is 10.6 Å². The quantitative estimate of drug-likeness (QED) is 0.725. The molecule has 3 rings (SSSR count). The van der Waals surface area contributed by atoms with Gasteiger partial charge in [-0.05, 0) is 35.9 Å². The van der Waals surface area contributed by atoms with Gasteiger partial charge in [0.25, 0.3) is 11.8 Å². The molecule has 2 aromatic heterocycles. The molecule has 8 heteroatoms. The van der Waals surface area contributed by atoms with Gasteiger partial charge in [-0.25, -0.2) is 13.8 Å². The van der Waals surface area contributed by atoms with Crippen molar-refractivity contribution in [2.45, 2.75) is 6.54 Å². The minimum atomic E-state index is -0.909. The molecule has 6 nitrogen and oxygen atoms in total. The molecule has 0 saturated carbocycles. The number of carbonyl (C=O) groups is 2. The van der Waals surface area contributed by atoms with E-state index in [2.05, 4.69) is 20.6 Å². The van der Waals surface area contributed by atoms with Gasteiger partial charge >= 0.3 is 0 Å². The number of halogens is 2. The molecule has 136 valence electrons. The number of amides is 2. The number of nitrogens with zero attached hydrogens (tertiary/aromatic N) is 2. The second-order valence-electron chi connectivity index (χ2n) is 5.50. The van der Waals surface area contributed by atoms with Crippen LogP contribution in [-0.2, 0) is 6.54 Å². The standard InChI is InChI=1S/C19H14F2N4O2/c20-13-5-1-6-14(21)17(13)25-19(27)16-8-2-7-15(24-16)18(26)23-11-12-4-3-9-22-10-12/h1-10H,11H2,(H,23,26)(H,25,27). The minimum absolute atomic E-state index is 0.000505. The topological polar surface area (TPSA) is 84.0 Å². The highest BCUT2D eigenvalue weighted by Crippen LogP contribution is 2.18. The predicted octanol–water partition coefficient (Wildman–Crippen LogP) is 2.94. The maximum atomic E-state index is 13.7. The number of benzene rings is 1. The van der Waals surface area contributed by atoms with Crippen molar-refractivity contribution in [3.05, 3.63) is 89.5 Å². The molecule has 2 N–H and O–H groups in total. The maximum Gasteiger partial charge on any atom is 0.274 e. The summed E-state index contributed by atoms with van der Waals surface area (Å²) in [6.45, 7) is 0.241. The van der Waals surface area contributed by atoms with Gasteiger partial charge in [-0.3, -0.25) is 14.6 Å². The third-order valence-corrected chi connectivity index (χ3v) is 3.59. The van der Waals surface area contributed by atoms with Crippen LogP contribution in [-0.4, -0.2) is 21.8 Å². The van der Waals surface area contributed by atoms with Crippen molar-refractivity contribution in [2.75, 3.05) is 5.32 Å². The number of pyridine rings is 2. The molecule has 0 aliphatic heterocycles. The third-order valence-electron chi connectivity index (χ3n) is 3.59. The van der Waals surface area contributed by atoms with E-state index in [4.69, 9.17) is 0 Å². The fourth-order valence-electron chi connectivity index (χ4n) is 2.26. The van der Waals surface area contributed by atoms with Crippen LogP contribution in [0, 0.1) is 11.6 Å². The second kappa shape index (κ2) is 8.13. The van der Waals surface area contributed by atoms with Crippen LogP contribution in [0.3, 0.4) is 0 Å². The lowest BCUT2D eigenvalue weighted by molar-refractivity contribution is 0.0945. The molecule has 0 fully saturated rings. The zero-order valence-corrected chi connectivity index (χ0v) is 13.9. The first kappa shape index (κ1) is 18.1. The van der Waals surface area contributed by atoms with Crippen LogP contribution in [0.4, 0.5) is 14.5 Å². The lowest BCUT2D eigenvalue weighted by Crippen LogP contribution is -2.25. The smallest absolute Gasteiger partial charge is 0.274 e. The fraction of sp³-hybridized carbons (Fsp3) is 0.0526. The molecule has 0 bridgehead atoms. The van der Waals surface area contributed by atoms with Crippen LogP contribution < -0.4 is 10.6 Å². The molecular weight excluding hydrogens is 354 g/mol. The Hall–Kier alpha value is -3.68. The molecule has 0 unspecified atom stereocenters. The Morgan fingerprint density at radius 2 is 1.56 bits per heavy atom. The first-order valence-electron chi connectivity index (χ1n) is 7.94. The van der Waals surface area contributed by atoms with Crippen LogP contribution in [0.2, 0.25) is 0 Å². The number of para-hydroxylation sites is 1. The van der Waals surface area contributed by atoms with E-state index in [1.54, 1.807) is 24.5 Å². The van der Waals surface area contributed by atoms with Gasteiger partial charge in [-0.2, -0.15) is 0 Å². The van der Waals surface area contributed by atoms with Gasteiger partial charge in [0.1, 0.15) is 28.7 Å². The van der Waals surface area contributed by atoms with Crippen molar-refractivity contribution in [1.29, 1.82) is 0 Å². The summed E-state index contributed by atoms with van der Waals surface area (Å²) < 4.78 is 27.3. The number of aromatic nitrogens is 2. The summed E-state index contributed by atoms with van der Waals surface area (Å²) in [7, 11) is 0. The minimum Gasteiger partial charge on any atom is -0.347 e. The third kappa shape index (κ3) is 4.49. The molecule has 1 aromatic carbocycles. The van der Waals surface area contributed by atoms with E-state index in [9.17, 15) is 18.4 Å². The SMILES string of the molecule is O=C(NCc1cccnc1)c1cccc(C(=O)Nc2c(F)cccc2F)n1. The normalized spacial score (nSPS) is 10.3. The monoisotopic (exact) mass is 368 g/mol. The van der Waals surface area contributed by atoms with Gasteiger partial charge in [0.15, 0.2) is 0 Å². The maximum absolute atomic E-state index is 13.7. The highest BCUT2D eigenvalue weighted by atomic mass is 19.1. The average Bonchev–Trinajstić information content (AvgIpc) is 2.70. The van der Waals surface area contributed by atoms with Crippen molar-refractivity contribution < 1.29 is 18.4 Å². The largest absolute Gasteiger partial charge is 0.347 e. The van der Waals surface area contributed by atoms with Crippen molar-refractivity contribution >= 4 is 17.5 Å². The summed E-state index contributed by atoms with van der Waals surface area (Å²) in [6, 6.07) is 11.0. The summed E-state index contributed by atoms with van der Waals surface area (Å²) in [5.74, 6) is -3.14. The molecular formula is C19H14F2N4O2. The van der Waals surface area contributed by atoms with E-state index in [-0.39, 0.29) is 17.9 Å². The first-order chi connectivity index (χ1) is 13.0. The number of hydrogen-bond donors (Lipinski definition) is 2. The lowest BCUT2D eigenvalue weighted by Gasteiger charge is -2.08. The number of nitrogens with one attached hydrogen (secondary N) is 2. The number of hydrogen-bond acceptors (Lipinski definition) is 4. The Morgan fingerprint density at radius 3 is 2.22 bits per heavy atom. The molecule has 0 saturated heterocycles. The Labute approximate surface area is 153 Å². The fourth-order valence-corrected chi connectivity index (χ4v) is 2.26. The van der Waals surface area contributed by atoms with E-state index in [1.807, 2.05) is 0 Å². The summed E-state index contributed by atoms with van der Waals surface area (Å²) >= 11 is 0. The molecule has 0 spiro atoms. The number of anilines is 1. The highest BCUT2D eigenvalue weighted by molar-refractivity contribution is 6.04. The van der Waals surface area contributed by atoms with E-state index in [1.165, 1.54) is 24.3 Å². The Morgan fingerprint density at radius 1 is 0.889 bits per heavy atom. The summed E-state index contributed by atoms with van der Waals surface area (Å²) in [5, 5.41) is 4.78. The van der Waals surface area contributed by atoms with Gasteiger partial charge in [0.05, 0.1) is 0 Å². The van der Waals surface area contributed by atoms with Crippen LogP contribution in [0.25, 0.3) is 0 Å². The highest BCUT2D eigenvalue weighted by Gasteiger charge is 2.16. The average molecular weight is 368 g/mol. The molecule has 27 heavy (non-hydrogen) atoms. The van der Waals surface area contributed by atoms with Crippen LogP contribution in [0.5, 0.6) is 0 Å². The van der Waals surface area contributed by atoms with Crippen molar-refractivity contribution in [3.63, 3.8) is 0 Å². The molecule has 3 aromatic rings. The van der Waals surface area contributed by atoms with E-state index >= 15 is 0 Å². The molecule has 0 aliphatic carbocycles. The van der Waals surface area contributed by atoms with Crippen molar-refractivity contribution in [1.82, 2.24) is 15.3 Å². The Kier molecular flexibility index (Phi) is 5.46. The lowest BCUT2D eigenvalue weighted by atomic mass is 10.2. The van der Waals surface area contributed by atoms with E-state index in [0.717, 1.165) is 17.7 Å². The summed E-state index contributed by atoms with van der Waals surface area (Å²) in [4.78, 5) is 32.3. The van der Waals surface area contributed by atoms with Gasteiger partial charge in [-0.15, -0.1) is 0 Å². The van der Waals surface area contributed by atoms with E-state index < -0.39 is 29.1 Å². The first-order valence-corrected chi connectivity index (χ1v) is 7.94. The van der Waals surface area contributed by atoms with Gasteiger partial charge in [-0.1, -0.05) is 18.2 Å². The van der Waals surface area contributed by atoms with Crippen LogP contribution in [0.15, 0.2) is 60.9 Å². The summed E-state index contributed by atoms with van der Waals surface area (Å²) in [6.07, 6.45) is 3.23. The van der Waals surface area contributed by atoms with Crippen LogP contribution >= 0.6 is 0 Å². The zero-order valence-electron chi connectivity index (χ0n) is 13.9. The molecule has 0 aliphatic rings. The molecule has 0 radical (unpaired) electrons. The van der Waals surface area contributed by atoms with E-state index in [0.29, 0.717) is 0 Å². The molecule has 2 amide bonds. The molecule has 2 heterocycles. The van der Waals surface area contributed by atoms with Crippen LogP contribution in [0.1, 0.15) is 26.5 Å². The zero-order chi connectivity index (χ0) is 19.2. The Balaban J connectivity index is 1.71. The second-order valence-corrected chi connectivity index (χ2v) is 5.50. The van der Waals surface area contributed by atoms with Gasteiger partial charge in [0.2, 0.25) is 0 Å². The summed E-state index contributed by atoms with van der Waals surface area (Å²) in [5.41, 5.74) is 0.0812. The van der Waals surface area contributed by atoms with Crippen molar-refractivity contribution in [2.24, 2.45) is 0 Å². The van der Waals surface area contributed by atoms with Gasteiger partial charge in [0, 0.05) is 18.9 Å². The van der Waals surface area contributed by atoms with Crippen molar-refractivity contribution in [3.8, 4) is 0 Å². The predicted molar refractivity (Wildman–Crippen MR) is 94.0 cm³/mol. The molecule has 0 atom stereocenters. The number of rotatable bonds is 5. The number of carbonyl (C=O) groups excluding carboxylic acids is 2.